The molecular formula is C12H18N2O4. The minimum Gasteiger partial charge on any atom is -0.477 e. The first-order chi connectivity index (χ1) is 8.38. The van der Waals surface area contributed by atoms with Gasteiger partial charge >= 0.3 is 11.9 Å². The van der Waals surface area contributed by atoms with Gasteiger partial charge in [0.15, 0.2) is 0 Å². The number of carboxylic acid groups (broad SMARTS) is 1. The maximum atomic E-state index is 11.8. The number of ether oxygens (including phenoxy) is 1. The molecule has 0 aliphatic carbocycles. The van der Waals surface area contributed by atoms with E-state index in [1.807, 2.05) is 0 Å². The lowest BCUT2D eigenvalue weighted by atomic mass is 10.1. The van der Waals surface area contributed by atoms with E-state index in [4.69, 9.17) is 15.6 Å². The Morgan fingerprint density at radius 3 is 2.56 bits per heavy atom. The van der Waals surface area contributed by atoms with Crippen LogP contribution in [0.25, 0.3) is 0 Å². The van der Waals surface area contributed by atoms with Gasteiger partial charge < -0.3 is 20.6 Å². The Labute approximate surface area is 105 Å². The molecular weight excluding hydrogens is 236 g/mol. The van der Waals surface area contributed by atoms with Gasteiger partial charge in [0, 0.05) is 18.2 Å². The van der Waals surface area contributed by atoms with Gasteiger partial charge in [0.05, 0.1) is 12.2 Å². The second-order valence-corrected chi connectivity index (χ2v) is 4.19. The van der Waals surface area contributed by atoms with Crippen LogP contribution < -0.4 is 5.73 Å². The molecule has 100 valence electrons. The number of hydrogen-bond donors (Lipinski definition) is 3. The summed E-state index contributed by atoms with van der Waals surface area (Å²) >= 11 is 0. The SMILES string of the molecule is CCOC(=O)c1c(CC(C)N)[nH]c(C(=O)O)c1C. The first-order valence-corrected chi connectivity index (χ1v) is 5.75. The molecule has 0 fully saturated rings. The Morgan fingerprint density at radius 1 is 1.50 bits per heavy atom. The summed E-state index contributed by atoms with van der Waals surface area (Å²) in [7, 11) is 0. The van der Waals surface area contributed by atoms with Crippen LogP contribution in [0.2, 0.25) is 0 Å². The highest BCUT2D eigenvalue weighted by atomic mass is 16.5. The van der Waals surface area contributed by atoms with Crippen molar-refractivity contribution in [2.75, 3.05) is 6.61 Å². The van der Waals surface area contributed by atoms with Gasteiger partial charge in [0.25, 0.3) is 0 Å². The van der Waals surface area contributed by atoms with Crippen molar-refractivity contribution >= 4 is 11.9 Å². The third kappa shape index (κ3) is 2.89. The molecule has 0 amide bonds. The molecule has 0 aliphatic rings. The second-order valence-electron chi connectivity index (χ2n) is 4.19. The summed E-state index contributed by atoms with van der Waals surface area (Å²) in [6, 6.07) is -0.183. The van der Waals surface area contributed by atoms with E-state index in [2.05, 4.69) is 4.98 Å². The molecule has 0 aliphatic heterocycles. The molecule has 0 bridgehead atoms. The zero-order valence-corrected chi connectivity index (χ0v) is 10.7. The van der Waals surface area contributed by atoms with Crippen LogP contribution >= 0.6 is 0 Å². The minimum absolute atomic E-state index is 0.00806. The van der Waals surface area contributed by atoms with Gasteiger partial charge in [-0.2, -0.15) is 0 Å². The summed E-state index contributed by atoms with van der Waals surface area (Å²) in [6.07, 6.45) is 0.391. The maximum absolute atomic E-state index is 11.8. The van der Waals surface area contributed by atoms with Crippen molar-refractivity contribution in [2.45, 2.75) is 33.2 Å². The molecule has 6 nitrogen and oxygen atoms in total. The Balaban J connectivity index is 3.26. The molecule has 4 N–H and O–H groups in total. The third-order valence-corrected chi connectivity index (χ3v) is 2.55. The lowest BCUT2D eigenvalue weighted by Crippen LogP contribution is -2.20. The second kappa shape index (κ2) is 5.68. The van der Waals surface area contributed by atoms with E-state index in [0.717, 1.165) is 0 Å². The standard InChI is InChI=1S/C12H18N2O4/c1-4-18-12(17)9-7(3)10(11(15)16)14-8(9)5-6(2)13/h6,14H,4-5,13H2,1-3H3,(H,15,16). The van der Waals surface area contributed by atoms with E-state index < -0.39 is 11.9 Å². The van der Waals surface area contributed by atoms with Gasteiger partial charge in [0.2, 0.25) is 0 Å². The molecule has 1 heterocycles. The highest BCUT2D eigenvalue weighted by molar-refractivity contribution is 5.98. The molecule has 1 rings (SSSR count). The first kappa shape index (κ1) is 14.2. The summed E-state index contributed by atoms with van der Waals surface area (Å²) in [5.74, 6) is -1.62. The minimum atomic E-state index is -1.10. The van der Waals surface area contributed by atoms with E-state index in [1.54, 1.807) is 20.8 Å². The number of nitrogens with one attached hydrogen (secondary N) is 1. The fourth-order valence-electron chi connectivity index (χ4n) is 1.83. The summed E-state index contributed by atoms with van der Waals surface area (Å²) in [6.45, 7) is 5.30. The number of carboxylic acids is 1. The van der Waals surface area contributed by atoms with Gasteiger partial charge in [-0.15, -0.1) is 0 Å². The fraction of sp³-hybridized carbons (Fsp3) is 0.500. The zero-order valence-electron chi connectivity index (χ0n) is 10.7. The molecule has 1 aromatic rings. The number of carbonyl (C=O) groups is 2. The van der Waals surface area contributed by atoms with Crippen LogP contribution in [0.15, 0.2) is 0 Å². The molecule has 1 atom stereocenters. The van der Waals surface area contributed by atoms with Gasteiger partial charge in [-0.25, -0.2) is 9.59 Å². The summed E-state index contributed by atoms with van der Waals surface area (Å²) in [4.78, 5) is 25.6. The molecule has 1 unspecified atom stereocenters. The van der Waals surface area contributed by atoms with Gasteiger partial charge in [0.1, 0.15) is 5.69 Å². The largest absolute Gasteiger partial charge is 0.477 e. The van der Waals surface area contributed by atoms with Crippen molar-refractivity contribution < 1.29 is 19.4 Å². The van der Waals surface area contributed by atoms with Crippen molar-refractivity contribution in [3.05, 3.63) is 22.5 Å². The highest BCUT2D eigenvalue weighted by Gasteiger charge is 2.24. The lowest BCUT2D eigenvalue weighted by molar-refractivity contribution is 0.0524. The van der Waals surface area contributed by atoms with Gasteiger partial charge in [-0.05, 0) is 26.3 Å². The lowest BCUT2D eigenvalue weighted by Gasteiger charge is -2.07. The number of H-pyrrole nitrogens is 1. The van der Waals surface area contributed by atoms with E-state index in [1.165, 1.54) is 0 Å². The van der Waals surface area contributed by atoms with E-state index in [-0.39, 0.29) is 23.9 Å². The smallest absolute Gasteiger partial charge is 0.352 e. The number of esters is 1. The molecule has 1 aromatic heterocycles. The van der Waals surface area contributed by atoms with Crippen molar-refractivity contribution in [3.63, 3.8) is 0 Å². The molecule has 0 spiro atoms. The summed E-state index contributed by atoms with van der Waals surface area (Å²) in [5, 5.41) is 9.03. The number of rotatable bonds is 5. The van der Waals surface area contributed by atoms with Crippen LogP contribution in [0.1, 0.15) is 46.0 Å². The van der Waals surface area contributed by atoms with Crippen LogP contribution in [0.4, 0.5) is 0 Å². The summed E-state index contributed by atoms with van der Waals surface area (Å²) in [5.41, 5.74) is 6.87. The van der Waals surface area contributed by atoms with Gasteiger partial charge in [-0.3, -0.25) is 0 Å². The molecule has 18 heavy (non-hydrogen) atoms. The Morgan fingerprint density at radius 2 is 2.11 bits per heavy atom. The topological polar surface area (TPSA) is 105 Å². The molecule has 0 aromatic carbocycles. The van der Waals surface area contributed by atoms with E-state index in [9.17, 15) is 9.59 Å². The average Bonchev–Trinajstić information content (AvgIpc) is 2.55. The van der Waals surface area contributed by atoms with Crippen LogP contribution in [0.3, 0.4) is 0 Å². The molecule has 0 saturated heterocycles. The average molecular weight is 254 g/mol. The van der Waals surface area contributed by atoms with Crippen LogP contribution in [-0.4, -0.2) is 34.7 Å². The van der Waals surface area contributed by atoms with Crippen molar-refractivity contribution in [3.8, 4) is 0 Å². The number of aromatic amines is 1. The van der Waals surface area contributed by atoms with Crippen LogP contribution in [0, 0.1) is 6.92 Å². The number of nitrogens with two attached hydrogens (primary N) is 1. The van der Waals surface area contributed by atoms with Crippen LogP contribution in [0.5, 0.6) is 0 Å². The van der Waals surface area contributed by atoms with E-state index >= 15 is 0 Å². The Hall–Kier alpha value is -1.82. The molecule has 0 saturated carbocycles. The number of aromatic nitrogens is 1. The molecule has 6 heteroatoms. The number of aromatic carboxylic acids is 1. The maximum Gasteiger partial charge on any atom is 0.352 e. The normalized spacial score (nSPS) is 12.2. The zero-order chi connectivity index (χ0) is 13.9. The van der Waals surface area contributed by atoms with Crippen molar-refractivity contribution in [2.24, 2.45) is 5.73 Å². The third-order valence-electron chi connectivity index (χ3n) is 2.55. The highest BCUT2D eigenvalue weighted by Crippen LogP contribution is 2.21. The molecule has 0 radical (unpaired) electrons. The first-order valence-electron chi connectivity index (χ1n) is 5.75. The van der Waals surface area contributed by atoms with Crippen LogP contribution in [-0.2, 0) is 11.2 Å². The quantitative estimate of drug-likeness (QED) is 0.682. The fourth-order valence-corrected chi connectivity index (χ4v) is 1.83. The predicted molar refractivity (Wildman–Crippen MR) is 65.8 cm³/mol. The monoisotopic (exact) mass is 254 g/mol. The number of carbonyl (C=O) groups excluding carboxylic acids is 1. The van der Waals surface area contributed by atoms with E-state index in [0.29, 0.717) is 17.7 Å². The van der Waals surface area contributed by atoms with Gasteiger partial charge in [-0.1, -0.05) is 0 Å². The Kier molecular flexibility index (Phi) is 4.49. The Bertz CT molecular complexity index is 463. The number of hydrogen-bond acceptors (Lipinski definition) is 4. The van der Waals surface area contributed by atoms with Crippen molar-refractivity contribution in [1.82, 2.24) is 4.98 Å². The summed E-state index contributed by atoms with van der Waals surface area (Å²) < 4.78 is 4.93. The van der Waals surface area contributed by atoms with Crippen molar-refractivity contribution in [1.29, 1.82) is 0 Å². The predicted octanol–water partition coefficient (Wildman–Crippen LogP) is 1.09.